The summed E-state index contributed by atoms with van der Waals surface area (Å²) in [6, 6.07) is 4.06. The third-order valence-electron chi connectivity index (χ3n) is 2.66. The van der Waals surface area contributed by atoms with Crippen molar-refractivity contribution in [2.24, 2.45) is 5.73 Å². The quantitative estimate of drug-likeness (QED) is 0.763. The molecule has 0 radical (unpaired) electrons. The van der Waals surface area contributed by atoms with Crippen molar-refractivity contribution in [3.8, 4) is 5.75 Å². The van der Waals surface area contributed by atoms with Crippen molar-refractivity contribution >= 4 is 5.97 Å². The second-order valence-electron chi connectivity index (χ2n) is 3.95. The monoisotopic (exact) mass is 253 g/mol. The fourth-order valence-electron chi connectivity index (χ4n) is 1.66. The topological polar surface area (TPSA) is 81.8 Å². The number of esters is 1. The van der Waals surface area contributed by atoms with Crippen molar-refractivity contribution in [2.45, 2.75) is 26.0 Å². The Morgan fingerprint density at radius 2 is 2.17 bits per heavy atom. The highest BCUT2D eigenvalue weighted by molar-refractivity contribution is 5.76. The van der Waals surface area contributed by atoms with E-state index in [0.29, 0.717) is 5.56 Å². The van der Waals surface area contributed by atoms with E-state index in [9.17, 15) is 9.90 Å². The molecule has 1 aromatic rings. The molecule has 1 rings (SSSR count). The number of aryl methyl sites for hydroxylation is 1. The average molecular weight is 253 g/mol. The summed E-state index contributed by atoms with van der Waals surface area (Å²) in [6.45, 7) is 3.78. The van der Waals surface area contributed by atoms with Gasteiger partial charge in [-0.05, 0) is 37.1 Å². The van der Waals surface area contributed by atoms with Crippen LogP contribution in [0.5, 0.6) is 5.75 Å². The van der Waals surface area contributed by atoms with Crippen molar-refractivity contribution in [1.82, 2.24) is 0 Å². The zero-order valence-electron chi connectivity index (χ0n) is 10.8. The molecule has 0 heterocycles. The molecule has 0 spiro atoms. The van der Waals surface area contributed by atoms with Gasteiger partial charge in [-0.15, -0.1) is 0 Å². The third-order valence-corrected chi connectivity index (χ3v) is 2.66. The van der Waals surface area contributed by atoms with Crippen molar-refractivity contribution in [3.63, 3.8) is 0 Å². The van der Waals surface area contributed by atoms with E-state index in [1.165, 1.54) is 0 Å². The number of aliphatic hydroxyl groups is 1. The Balaban J connectivity index is 2.86. The molecule has 3 N–H and O–H groups in total. The number of hydrogen-bond acceptors (Lipinski definition) is 5. The fourth-order valence-corrected chi connectivity index (χ4v) is 1.66. The van der Waals surface area contributed by atoms with Crippen LogP contribution in [0.1, 0.15) is 24.2 Å². The normalized spacial score (nSPS) is 13.8. The average Bonchev–Trinajstić information content (AvgIpc) is 2.37. The van der Waals surface area contributed by atoms with Crippen LogP contribution in [0.2, 0.25) is 0 Å². The lowest BCUT2D eigenvalue weighted by molar-refractivity contribution is -0.147. The molecule has 100 valence electrons. The van der Waals surface area contributed by atoms with Gasteiger partial charge in [0.1, 0.15) is 17.9 Å². The zero-order chi connectivity index (χ0) is 13.7. The molecule has 0 saturated heterocycles. The number of carbonyl (C=O) groups excluding carboxylic acids is 1. The Hall–Kier alpha value is -1.59. The summed E-state index contributed by atoms with van der Waals surface area (Å²) in [7, 11) is 1.57. The minimum atomic E-state index is -1.09. The maximum absolute atomic E-state index is 11.4. The van der Waals surface area contributed by atoms with Crippen LogP contribution in [0.15, 0.2) is 18.2 Å². The Kier molecular flexibility index (Phi) is 5.12. The lowest BCUT2D eigenvalue weighted by Gasteiger charge is -2.18. The van der Waals surface area contributed by atoms with E-state index < -0.39 is 18.1 Å². The number of ether oxygens (including phenoxy) is 2. The standard InChI is InChI=1S/C13H19NO4/c1-4-18-13(16)11(14)12(15)9-5-6-10(17-3)8(2)7-9/h5-7,11-12,15H,4,14H2,1-3H3. The number of methoxy groups -OCH3 is 1. The van der Waals surface area contributed by atoms with E-state index in [-0.39, 0.29) is 6.61 Å². The first-order valence-corrected chi connectivity index (χ1v) is 5.76. The number of rotatable bonds is 5. The Bertz CT molecular complexity index is 419. The molecular formula is C13H19NO4. The molecule has 18 heavy (non-hydrogen) atoms. The summed E-state index contributed by atoms with van der Waals surface area (Å²) < 4.78 is 9.89. The van der Waals surface area contributed by atoms with Gasteiger partial charge in [0.25, 0.3) is 0 Å². The Labute approximate surface area is 107 Å². The van der Waals surface area contributed by atoms with Gasteiger partial charge in [0.15, 0.2) is 0 Å². The van der Waals surface area contributed by atoms with Gasteiger partial charge in [-0.25, -0.2) is 0 Å². The van der Waals surface area contributed by atoms with E-state index in [1.54, 1.807) is 32.2 Å². The molecular weight excluding hydrogens is 234 g/mol. The van der Waals surface area contributed by atoms with E-state index in [2.05, 4.69) is 0 Å². The number of carbonyl (C=O) groups is 1. The van der Waals surface area contributed by atoms with Crippen molar-refractivity contribution < 1.29 is 19.4 Å². The van der Waals surface area contributed by atoms with E-state index in [0.717, 1.165) is 11.3 Å². The smallest absolute Gasteiger partial charge is 0.325 e. The second-order valence-corrected chi connectivity index (χ2v) is 3.95. The summed E-state index contributed by atoms with van der Waals surface area (Å²) >= 11 is 0. The van der Waals surface area contributed by atoms with Gasteiger partial charge in [0.2, 0.25) is 0 Å². The summed E-state index contributed by atoms with van der Waals surface area (Å²) in [5.74, 6) is 0.106. The number of nitrogens with two attached hydrogens (primary N) is 1. The summed E-state index contributed by atoms with van der Waals surface area (Å²) in [5.41, 5.74) is 7.07. The molecule has 0 aliphatic carbocycles. The van der Waals surface area contributed by atoms with Crippen LogP contribution in [0.4, 0.5) is 0 Å². The van der Waals surface area contributed by atoms with Crippen LogP contribution in [0.3, 0.4) is 0 Å². The molecule has 2 unspecified atom stereocenters. The molecule has 1 aromatic carbocycles. The molecule has 0 fully saturated rings. The van der Waals surface area contributed by atoms with Crippen LogP contribution < -0.4 is 10.5 Å². The molecule has 0 bridgehead atoms. The first kappa shape index (κ1) is 14.5. The predicted octanol–water partition coefficient (Wildman–Crippen LogP) is 0.927. The maximum Gasteiger partial charge on any atom is 0.325 e. The van der Waals surface area contributed by atoms with E-state index in [1.807, 2.05) is 6.92 Å². The fraction of sp³-hybridized carbons (Fsp3) is 0.462. The number of aliphatic hydroxyl groups excluding tert-OH is 1. The first-order valence-electron chi connectivity index (χ1n) is 5.76. The summed E-state index contributed by atoms with van der Waals surface area (Å²) in [5, 5.41) is 10.0. The number of hydrogen-bond donors (Lipinski definition) is 2. The lowest BCUT2D eigenvalue weighted by Crippen LogP contribution is -2.38. The van der Waals surface area contributed by atoms with Gasteiger partial charge in [0.05, 0.1) is 13.7 Å². The minimum absolute atomic E-state index is 0.237. The predicted molar refractivity (Wildman–Crippen MR) is 67.3 cm³/mol. The molecule has 0 amide bonds. The zero-order valence-corrected chi connectivity index (χ0v) is 10.8. The van der Waals surface area contributed by atoms with Crippen LogP contribution in [0, 0.1) is 6.92 Å². The molecule has 0 aromatic heterocycles. The largest absolute Gasteiger partial charge is 0.496 e. The van der Waals surface area contributed by atoms with Crippen molar-refractivity contribution in [2.75, 3.05) is 13.7 Å². The molecule has 0 saturated carbocycles. The minimum Gasteiger partial charge on any atom is -0.496 e. The highest BCUT2D eigenvalue weighted by Crippen LogP contribution is 2.24. The highest BCUT2D eigenvalue weighted by atomic mass is 16.5. The highest BCUT2D eigenvalue weighted by Gasteiger charge is 2.25. The molecule has 0 aliphatic rings. The van der Waals surface area contributed by atoms with E-state index in [4.69, 9.17) is 15.2 Å². The van der Waals surface area contributed by atoms with Gasteiger partial charge in [0, 0.05) is 0 Å². The van der Waals surface area contributed by atoms with Crippen LogP contribution in [-0.4, -0.2) is 30.8 Å². The summed E-state index contributed by atoms with van der Waals surface area (Å²) in [4.78, 5) is 11.4. The number of benzene rings is 1. The molecule has 5 heteroatoms. The van der Waals surface area contributed by atoms with Crippen LogP contribution in [-0.2, 0) is 9.53 Å². The molecule has 0 aliphatic heterocycles. The Morgan fingerprint density at radius 3 is 2.67 bits per heavy atom. The van der Waals surface area contributed by atoms with Gasteiger partial charge in [-0.1, -0.05) is 6.07 Å². The van der Waals surface area contributed by atoms with Crippen molar-refractivity contribution in [3.05, 3.63) is 29.3 Å². The Morgan fingerprint density at radius 1 is 1.50 bits per heavy atom. The van der Waals surface area contributed by atoms with Crippen molar-refractivity contribution in [1.29, 1.82) is 0 Å². The van der Waals surface area contributed by atoms with E-state index >= 15 is 0 Å². The third kappa shape index (κ3) is 3.21. The second kappa shape index (κ2) is 6.37. The summed E-state index contributed by atoms with van der Waals surface area (Å²) in [6.07, 6.45) is -1.09. The maximum atomic E-state index is 11.4. The van der Waals surface area contributed by atoms with Gasteiger partial charge in [-0.2, -0.15) is 0 Å². The molecule has 2 atom stereocenters. The van der Waals surface area contributed by atoms with Crippen LogP contribution >= 0.6 is 0 Å². The van der Waals surface area contributed by atoms with Crippen LogP contribution in [0.25, 0.3) is 0 Å². The first-order chi connectivity index (χ1) is 8.51. The SMILES string of the molecule is CCOC(=O)C(N)C(O)c1ccc(OC)c(C)c1. The van der Waals surface area contributed by atoms with Gasteiger partial charge in [-0.3, -0.25) is 4.79 Å². The van der Waals surface area contributed by atoms with Gasteiger partial charge >= 0.3 is 5.97 Å². The molecule has 5 nitrogen and oxygen atoms in total. The lowest BCUT2D eigenvalue weighted by atomic mass is 10.0. The van der Waals surface area contributed by atoms with Gasteiger partial charge < -0.3 is 20.3 Å².